The smallest absolute Gasteiger partial charge is 0.285 e. The van der Waals surface area contributed by atoms with Crippen molar-refractivity contribution in [2.45, 2.75) is 6.54 Å². The van der Waals surface area contributed by atoms with Crippen molar-refractivity contribution in [1.82, 2.24) is 20.1 Å². The second-order valence-electron chi connectivity index (χ2n) is 4.61. The van der Waals surface area contributed by atoms with Crippen molar-refractivity contribution in [2.24, 2.45) is 0 Å². The minimum Gasteiger partial charge on any atom is -0.358 e. The topological polar surface area (TPSA) is 82.2 Å². The number of halogens is 1. The van der Waals surface area contributed by atoms with Crippen molar-refractivity contribution in [2.75, 3.05) is 24.5 Å². The van der Waals surface area contributed by atoms with E-state index in [-0.39, 0.29) is 17.5 Å². The number of aromatic amines is 1. The molecule has 7 nitrogen and oxygen atoms in total. The average Bonchev–Trinajstić information content (AvgIpc) is 2.97. The maximum Gasteiger partial charge on any atom is 0.285 e. The lowest BCUT2D eigenvalue weighted by Crippen LogP contribution is -2.50. The highest BCUT2D eigenvalue weighted by Gasteiger charge is 2.26. The molecular formula is C12H12ClN5O2S. The maximum absolute atomic E-state index is 12.2. The van der Waals surface area contributed by atoms with Crippen LogP contribution in [0.1, 0.15) is 5.69 Å². The molecule has 0 aliphatic carbocycles. The van der Waals surface area contributed by atoms with Gasteiger partial charge in [-0.15, -0.1) is 11.3 Å². The molecule has 0 aromatic carbocycles. The summed E-state index contributed by atoms with van der Waals surface area (Å²) < 4.78 is 0. The van der Waals surface area contributed by atoms with Crippen molar-refractivity contribution >= 4 is 34.5 Å². The number of carbonyl (C=O) groups excluding carboxylic acids is 1. The van der Waals surface area contributed by atoms with E-state index in [1.165, 1.54) is 17.5 Å². The zero-order valence-electron chi connectivity index (χ0n) is 11.0. The first-order valence-corrected chi connectivity index (χ1v) is 7.60. The van der Waals surface area contributed by atoms with E-state index in [0.717, 1.165) is 5.69 Å². The van der Waals surface area contributed by atoms with E-state index >= 15 is 0 Å². The summed E-state index contributed by atoms with van der Waals surface area (Å²) in [5.41, 5.74) is 2.67. The van der Waals surface area contributed by atoms with Crippen molar-refractivity contribution in [1.29, 1.82) is 0 Å². The number of nitrogens with zero attached hydrogens (tertiary/aromatic N) is 4. The van der Waals surface area contributed by atoms with Gasteiger partial charge in [-0.25, -0.2) is 10.1 Å². The number of nitrogens with one attached hydrogen (secondary N) is 1. The van der Waals surface area contributed by atoms with Crippen LogP contribution < -0.4 is 10.5 Å². The molecule has 1 amide bonds. The highest BCUT2D eigenvalue weighted by molar-refractivity contribution is 7.07. The molecule has 110 valence electrons. The zero-order valence-corrected chi connectivity index (χ0v) is 12.5. The second-order valence-corrected chi connectivity index (χ2v) is 5.71. The van der Waals surface area contributed by atoms with Gasteiger partial charge in [0.05, 0.1) is 36.2 Å². The second kappa shape index (κ2) is 5.82. The Morgan fingerprint density at radius 2 is 2.24 bits per heavy atom. The van der Waals surface area contributed by atoms with Crippen LogP contribution in [0.4, 0.5) is 5.69 Å². The molecule has 1 aliphatic rings. The molecule has 0 radical (unpaired) electrons. The predicted octanol–water partition coefficient (Wildman–Crippen LogP) is 0.729. The first-order valence-electron chi connectivity index (χ1n) is 6.28. The third-order valence-electron chi connectivity index (χ3n) is 3.27. The van der Waals surface area contributed by atoms with Gasteiger partial charge in [0, 0.05) is 18.5 Å². The number of aromatic nitrogens is 3. The summed E-state index contributed by atoms with van der Waals surface area (Å²) >= 11 is 7.47. The Morgan fingerprint density at radius 3 is 2.95 bits per heavy atom. The number of hydrogen-bond acceptors (Lipinski definition) is 6. The standard InChI is InChI=1S/C12H12ClN5O2S/c13-11-9(3-15-16-12(11)20)17-1-2-18(10(19)5-17)4-8-6-21-7-14-8/h3,6-7H,1-2,4-5H2,(H,16,20). The highest BCUT2D eigenvalue weighted by atomic mass is 35.5. The summed E-state index contributed by atoms with van der Waals surface area (Å²) in [6.07, 6.45) is 1.47. The Kier molecular flexibility index (Phi) is 3.89. The summed E-state index contributed by atoms with van der Waals surface area (Å²) in [6.45, 7) is 1.84. The quantitative estimate of drug-likeness (QED) is 0.899. The lowest BCUT2D eigenvalue weighted by molar-refractivity contribution is -0.131. The molecule has 1 saturated heterocycles. The molecule has 0 unspecified atom stereocenters. The molecule has 0 bridgehead atoms. The molecule has 3 heterocycles. The molecule has 1 fully saturated rings. The lowest BCUT2D eigenvalue weighted by Gasteiger charge is -2.35. The van der Waals surface area contributed by atoms with Crippen LogP contribution in [0.5, 0.6) is 0 Å². The molecular weight excluding hydrogens is 314 g/mol. The van der Waals surface area contributed by atoms with E-state index in [4.69, 9.17) is 11.6 Å². The summed E-state index contributed by atoms with van der Waals surface area (Å²) in [7, 11) is 0. The third kappa shape index (κ3) is 2.91. The molecule has 0 saturated carbocycles. The number of H-pyrrole nitrogens is 1. The molecule has 0 atom stereocenters. The molecule has 9 heteroatoms. The molecule has 2 aromatic rings. The van der Waals surface area contributed by atoms with Gasteiger partial charge in [-0.1, -0.05) is 11.6 Å². The largest absolute Gasteiger partial charge is 0.358 e. The normalized spacial score (nSPS) is 15.6. The van der Waals surface area contributed by atoms with Crippen LogP contribution in [0.15, 0.2) is 21.9 Å². The number of carbonyl (C=O) groups is 1. The Bertz CT molecular complexity index is 702. The predicted molar refractivity (Wildman–Crippen MR) is 79.6 cm³/mol. The lowest BCUT2D eigenvalue weighted by atomic mass is 10.2. The van der Waals surface area contributed by atoms with Gasteiger partial charge < -0.3 is 9.80 Å². The van der Waals surface area contributed by atoms with Crippen molar-refractivity contribution < 1.29 is 4.79 Å². The Morgan fingerprint density at radius 1 is 1.38 bits per heavy atom. The zero-order chi connectivity index (χ0) is 14.8. The van der Waals surface area contributed by atoms with E-state index in [1.54, 1.807) is 15.3 Å². The van der Waals surface area contributed by atoms with E-state index in [2.05, 4.69) is 15.2 Å². The van der Waals surface area contributed by atoms with Crippen LogP contribution in [0.25, 0.3) is 0 Å². The van der Waals surface area contributed by atoms with E-state index in [1.807, 2.05) is 5.38 Å². The van der Waals surface area contributed by atoms with Crippen LogP contribution in [-0.2, 0) is 11.3 Å². The Hall–Kier alpha value is -1.93. The van der Waals surface area contributed by atoms with Crippen LogP contribution in [0.3, 0.4) is 0 Å². The van der Waals surface area contributed by atoms with E-state index < -0.39 is 5.56 Å². The van der Waals surface area contributed by atoms with Crippen molar-refractivity contribution in [3.05, 3.63) is 38.2 Å². The van der Waals surface area contributed by atoms with Gasteiger partial charge in [-0.2, -0.15) is 5.10 Å². The van der Waals surface area contributed by atoms with Gasteiger partial charge in [0.1, 0.15) is 5.02 Å². The van der Waals surface area contributed by atoms with Crippen molar-refractivity contribution in [3.8, 4) is 0 Å². The number of thiazole rings is 1. The number of rotatable bonds is 3. The van der Waals surface area contributed by atoms with Gasteiger partial charge in [-0.05, 0) is 0 Å². The van der Waals surface area contributed by atoms with Gasteiger partial charge in [0.15, 0.2) is 0 Å². The van der Waals surface area contributed by atoms with Gasteiger partial charge >= 0.3 is 0 Å². The van der Waals surface area contributed by atoms with Crippen LogP contribution >= 0.6 is 22.9 Å². The third-order valence-corrected chi connectivity index (χ3v) is 4.27. The van der Waals surface area contributed by atoms with Gasteiger partial charge in [0.2, 0.25) is 5.91 Å². The molecule has 1 N–H and O–H groups in total. The SMILES string of the molecule is O=C1CN(c2cn[nH]c(=O)c2Cl)CCN1Cc1cscn1. The summed E-state index contributed by atoms with van der Waals surface area (Å²) in [6, 6.07) is 0. The fraction of sp³-hybridized carbons (Fsp3) is 0.333. The minimum atomic E-state index is -0.452. The van der Waals surface area contributed by atoms with E-state index in [0.29, 0.717) is 25.3 Å². The Labute approximate surface area is 129 Å². The molecule has 3 rings (SSSR count). The number of hydrogen-bond donors (Lipinski definition) is 1. The molecule has 2 aromatic heterocycles. The molecule has 1 aliphatic heterocycles. The first-order chi connectivity index (χ1) is 10.1. The summed E-state index contributed by atoms with van der Waals surface area (Å²) in [5.74, 6) is -0.0226. The molecule has 21 heavy (non-hydrogen) atoms. The van der Waals surface area contributed by atoms with Crippen molar-refractivity contribution in [3.63, 3.8) is 0 Å². The number of anilines is 1. The molecule has 0 spiro atoms. The average molecular weight is 326 g/mol. The first kappa shape index (κ1) is 14.0. The summed E-state index contributed by atoms with van der Waals surface area (Å²) in [5, 5.41) is 7.98. The maximum atomic E-state index is 12.2. The Balaban J connectivity index is 1.72. The fourth-order valence-electron chi connectivity index (χ4n) is 2.19. The van der Waals surface area contributed by atoms with Crippen LogP contribution in [0.2, 0.25) is 5.02 Å². The van der Waals surface area contributed by atoms with Gasteiger partial charge in [0.25, 0.3) is 5.56 Å². The number of amides is 1. The number of piperazine rings is 1. The van der Waals surface area contributed by atoms with Crippen LogP contribution in [-0.4, -0.2) is 45.6 Å². The summed E-state index contributed by atoms with van der Waals surface area (Å²) in [4.78, 5) is 31.4. The monoisotopic (exact) mass is 325 g/mol. The van der Waals surface area contributed by atoms with E-state index in [9.17, 15) is 9.59 Å². The minimum absolute atomic E-state index is 0.0226. The highest BCUT2D eigenvalue weighted by Crippen LogP contribution is 2.22. The fourth-order valence-corrected chi connectivity index (χ4v) is 2.95. The van der Waals surface area contributed by atoms with Crippen LogP contribution in [0, 0.1) is 0 Å². The van der Waals surface area contributed by atoms with Gasteiger partial charge in [-0.3, -0.25) is 9.59 Å².